The van der Waals surface area contributed by atoms with E-state index in [-0.39, 0.29) is 17.6 Å². The molecule has 7 nitrogen and oxygen atoms in total. The number of nitrogens with zero attached hydrogens (tertiary/aromatic N) is 4. The van der Waals surface area contributed by atoms with Crippen LogP contribution in [0.4, 0.5) is 11.9 Å². The molecule has 0 spiro atoms. The molecule has 7 heteroatoms. The minimum atomic E-state index is 0.117. The van der Waals surface area contributed by atoms with Crippen LogP contribution in [-0.4, -0.2) is 25.0 Å². The highest BCUT2D eigenvalue weighted by Crippen LogP contribution is 2.29. The fraction of sp³-hybridized carbons (Fsp3) is 0. The summed E-state index contributed by atoms with van der Waals surface area (Å²) < 4.78 is 0. The van der Waals surface area contributed by atoms with Crippen molar-refractivity contribution in [2.75, 3.05) is 11.5 Å². The fourth-order valence-electron chi connectivity index (χ4n) is 2.05. The van der Waals surface area contributed by atoms with Crippen molar-refractivity contribution in [3.8, 4) is 17.0 Å². The molecule has 0 amide bonds. The molecule has 0 aliphatic heterocycles. The Labute approximate surface area is 132 Å². The van der Waals surface area contributed by atoms with Crippen LogP contribution in [0, 0.1) is 0 Å². The SMILES string of the molecule is Nc1nccc(/C=C/c2ccc(O)c(-c3ccnc(N)n3)c2)n1. The van der Waals surface area contributed by atoms with Crippen molar-refractivity contribution in [3.63, 3.8) is 0 Å². The van der Waals surface area contributed by atoms with Crippen LogP contribution in [0.5, 0.6) is 5.75 Å². The molecule has 0 fully saturated rings. The van der Waals surface area contributed by atoms with Gasteiger partial charge in [0.1, 0.15) is 5.75 Å². The summed E-state index contributed by atoms with van der Waals surface area (Å²) in [6.07, 6.45) is 6.80. The van der Waals surface area contributed by atoms with Gasteiger partial charge in [0, 0.05) is 18.0 Å². The Morgan fingerprint density at radius 3 is 2.35 bits per heavy atom. The third kappa shape index (κ3) is 3.41. The molecule has 3 rings (SSSR count). The van der Waals surface area contributed by atoms with Gasteiger partial charge in [-0.1, -0.05) is 12.1 Å². The number of rotatable bonds is 3. The van der Waals surface area contributed by atoms with Gasteiger partial charge in [-0.2, -0.15) is 0 Å². The van der Waals surface area contributed by atoms with Crippen molar-refractivity contribution < 1.29 is 5.11 Å². The van der Waals surface area contributed by atoms with E-state index in [2.05, 4.69) is 19.9 Å². The molecule has 2 heterocycles. The van der Waals surface area contributed by atoms with Gasteiger partial charge < -0.3 is 16.6 Å². The van der Waals surface area contributed by atoms with Gasteiger partial charge in [-0.3, -0.25) is 0 Å². The Bertz CT molecular complexity index is 878. The maximum Gasteiger partial charge on any atom is 0.220 e. The Hall–Kier alpha value is -3.48. The minimum Gasteiger partial charge on any atom is -0.507 e. The van der Waals surface area contributed by atoms with Crippen LogP contribution >= 0.6 is 0 Å². The lowest BCUT2D eigenvalue weighted by atomic mass is 10.1. The minimum absolute atomic E-state index is 0.117. The van der Waals surface area contributed by atoms with Gasteiger partial charge in [-0.05, 0) is 35.9 Å². The second kappa shape index (κ2) is 6.10. The maximum absolute atomic E-state index is 10.0. The van der Waals surface area contributed by atoms with E-state index < -0.39 is 0 Å². The number of nitrogens with two attached hydrogens (primary N) is 2. The quantitative estimate of drug-likeness (QED) is 0.675. The molecule has 0 unspecified atom stereocenters. The van der Waals surface area contributed by atoms with Crippen molar-refractivity contribution in [1.82, 2.24) is 19.9 Å². The molecule has 114 valence electrons. The van der Waals surface area contributed by atoms with E-state index in [0.717, 1.165) is 5.56 Å². The van der Waals surface area contributed by atoms with E-state index in [1.54, 1.807) is 42.7 Å². The number of phenols is 1. The van der Waals surface area contributed by atoms with E-state index in [0.29, 0.717) is 17.0 Å². The zero-order valence-corrected chi connectivity index (χ0v) is 12.1. The largest absolute Gasteiger partial charge is 0.507 e. The molecule has 0 aliphatic rings. The topological polar surface area (TPSA) is 124 Å². The highest BCUT2D eigenvalue weighted by Gasteiger charge is 2.07. The summed E-state index contributed by atoms with van der Waals surface area (Å²) in [4.78, 5) is 15.9. The standard InChI is InChI=1S/C16H14N6O/c17-15-19-7-5-11(21-15)3-1-10-2-4-14(23)12(9-10)13-6-8-20-16(18)22-13/h1-9,23H,(H2,17,19,21)(H2,18,20,22)/b3-1+. The van der Waals surface area contributed by atoms with Gasteiger partial charge in [0.25, 0.3) is 0 Å². The summed E-state index contributed by atoms with van der Waals surface area (Å²) in [5, 5.41) is 10.0. The van der Waals surface area contributed by atoms with Crippen LogP contribution in [0.1, 0.15) is 11.3 Å². The Morgan fingerprint density at radius 1 is 0.870 bits per heavy atom. The highest BCUT2D eigenvalue weighted by molar-refractivity contribution is 5.75. The van der Waals surface area contributed by atoms with Gasteiger partial charge in [-0.15, -0.1) is 0 Å². The number of hydrogen-bond donors (Lipinski definition) is 3. The van der Waals surface area contributed by atoms with Gasteiger partial charge in [0.15, 0.2) is 0 Å². The summed E-state index contributed by atoms with van der Waals surface area (Å²) in [5.41, 5.74) is 13.8. The zero-order chi connectivity index (χ0) is 16.2. The molecule has 0 atom stereocenters. The molecular weight excluding hydrogens is 292 g/mol. The van der Waals surface area contributed by atoms with Crippen molar-refractivity contribution in [2.24, 2.45) is 0 Å². The van der Waals surface area contributed by atoms with E-state index in [4.69, 9.17) is 11.5 Å². The third-order valence-electron chi connectivity index (χ3n) is 3.11. The van der Waals surface area contributed by atoms with Crippen molar-refractivity contribution >= 4 is 24.0 Å². The average Bonchev–Trinajstić information content (AvgIpc) is 2.54. The van der Waals surface area contributed by atoms with E-state index in [1.165, 1.54) is 0 Å². The molecule has 0 bridgehead atoms. The molecule has 2 aromatic heterocycles. The zero-order valence-electron chi connectivity index (χ0n) is 12.1. The van der Waals surface area contributed by atoms with E-state index >= 15 is 0 Å². The summed E-state index contributed by atoms with van der Waals surface area (Å²) in [6, 6.07) is 8.62. The van der Waals surface area contributed by atoms with Gasteiger partial charge in [0.05, 0.1) is 11.4 Å². The average molecular weight is 306 g/mol. The molecule has 0 aliphatic carbocycles. The molecule has 0 radical (unpaired) electrons. The second-order valence-electron chi connectivity index (χ2n) is 4.75. The second-order valence-corrected chi connectivity index (χ2v) is 4.75. The van der Waals surface area contributed by atoms with Crippen LogP contribution in [0.3, 0.4) is 0 Å². The number of aromatic nitrogens is 4. The van der Waals surface area contributed by atoms with Crippen LogP contribution in [-0.2, 0) is 0 Å². The maximum atomic E-state index is 10.0. The van der Waals surface area contributed by atoms with Crippen LogP contribution in [0.15, 0.2) is 42.7 Å². The summed E-state index contributed by atoms with van der Waals surface area (Å²) in [6.45, 7) is 0. The predicted molar refractivity (Wildman–Crippen MR) is 88.9 cm³/mol. The molecular formula is C16H14N6O. The Balaban J connectivity index is 1.94. The van der Waals surface area contributed by atoms with E-state index in [9.17, 15) is 5.11 Å². The molecule has 0 saturated heterocycles. The van der Waals surface area contributed by atoms with Crippen LogP contribution in [0.2, 0.25) is 0 Å². The number of hydrogen-bond acceptors (Lipinski definition) is 7. The summed E-state index contributed by atoms with van der Waals surface area (Å²) >= 11 is 0. The first-order chi connectivity index (χ1) is 11.1. The molecule has 3 aromatic rings. The van der Waals surface area contributed by atoms with Crippen LogP contribution in [0.25, 0.3) is 23.4 Å². The first kappa shape index (κ1) is 14.5. The first-order valence-electron chi connectivity index (χ1n) is 6.80. The predicted octanol–water partition coefficient (Wildman–Crippen LogP) is 1.97. The van der Waals surface area contributed by atoms with Crippen molar-refractivity contribution in [2.45, 2.75) is 0 Å². The normalized spacial score (nSPS) is 11.0. The number of benzene rings is 1. The van der Waals surface area contributed by atoms with Crippen molar-refractivity contribution in [3.05, 3.63) is 54.0 Å². The fourth-order valence-corrected chi connectivity index (χ4v) is 2.05. The number of phenolic OH excluding ortho intramolecular Hbond substituents is 1. The molecule has 5 N–H and O–H groups in total. The smallest absolute Gasteiger partial charge is 0.220 e. The lowest BCUT2D eigenvalue weighted by molar-refractivity contribution is 0.477. The molecule has 0 saturated carbocycles. The molecule has 1 aromatic carbocycles. The number of aromatic hydroxyl groups is 1. The summed E-state index contributed by atoms with van der Waals surface area (Å²) in [5.74, 6) is 0.487. The first-order valence-corrected chi connectivity index (χ1v) is 6.80. The molecule has 23 heavy (non-hydrogen) atoms. The van der Waals surface area contributed by atoms with Crippen molar-refractivity contribution in [1.29, 1.82) is 0 Å². The Kier molecular flexibility index (Phi) is 3.84. The number of anilines is 2. The Morgan fingerprint density at radius 2 is 1.61 bits per heavy atom. The summed E-state index contributed by atoms with van der Waals surface area (Å²) in [7, 11) is 0. The van der Waals surface area contributed by atoms with Gasteiger partial charge in [-0.25, -0.2) is 19.9 Å². The lowest BCUT2D eigenvalue weighted by Gasteiger charge is -2.05. The number of nitrogen functional groups attached to an aromatic ring is 2. The van der Waals surface area contributed by atoms with Gasteiger partial charge >= 0.3 is 0 Å². The monoisotopic (exact) mass is 306 g/mol. The highest BCUT2D eigenvalue weighted by atomic mass is 16.3. The third-order valence-corrected chi connectivity index (χ3v) is 3.11. The van der Waals surface area contributed by atoms with E-state index in [1.807, 2.05) is 12.2 Å². The van der Waals surface area contributed by atoms with Crippen LogP contribution < -0.4 is 11.5 Å². The lowest BCUT2D eigenvalue weighted by Crippen LogP contribution is -1.95. The van der Waals surface area contributed by atoms with Gasteiger partial charge in [0.2, 0.25) is 11.9 Å².